The van der Waals surface area contributed by atoms with Crippen molar-refractivity contribution >= 4 is 23.3 Å². The number of nitrogens with one attached hydrogen (secondary N) is 1. The first-order valence-electron chi connectivity index (χ1n) is 9.87. The van der Waals surface area contributed by atoms with E-state index in [2.05, 4.69) is 5.32 Å². The van der Waals surface area contributed by atoms with Gasteiger partial charge in [0, 0.05) is 42.0 Å². The van der Waals surface area contributed by atoms with Crippen molar-refractivity contribution in [1.29, 1.82) is 0 Å². The van der Waals surface area contributed by atoms with E-state index in [1.54, 1.807) is 63.2 Å². The van der Waals surface area contributed by atoms with Crippen LogP contribution in [0.25, 0.3) is 0 Å². The van der Waals surface area contributed by atoms with Gasteiger partial charge in [-0.15, -0.1) is 0 Å². The molecule has 0 spiro atoms. The van der Waals surface area contributed by atoms with Crippen LogP contribution in [0.1, 0.15) is 52.6 Å². The summed E-state index contributed by atoms with van der Waals surface area (Å²) in [6, 6.07) is 11.9. The van der Waals surface area contributed by atoms with Gasteiger partial charge in [0.15, 0.2) is 11.6 Å². The van der Waals surface area contributed by atoms with Crippen LogP contribution >= 0.6 is 0 Å². The molecule has 2 aromatic rings. The molecule has 0 atom stereocenters. The summed E-state index contributed by atoms with van der Waals surface area (Å²) >= 11 is 0. The fraction of sp³-hybridized carbons (Fsp3) is 0.348. The van der Waals surface area contributed by atoms with Crippen LogP contribution in [-0.4, -0.2) is 59.5 Å². The highest BCUT2D eigenvalue weighted by Gasteiger charge is 2.31. The highest BCUT2D eigenvalue weighted by atomic mass is 16.6. The summed E-state index contributed by atoms with van der Waals surface area (Å²) in [5.74, 6) is -0.387. The summed E-state index contributed by atoms with van der Waals surface area (Å²) in [7, 11) is 0. The van der Waals surface area contributed by atoms with E-state index in [-0.39, 0.29) is 31.3 Å². The molecular formula is C23H26N2O5. The Balaban J connectivity index is 1.76. The van der Waals surface area contributed by atoms with Gasteiger partial charge < -0.3 is 20.1 Å². The molecule has 0 aliphatic heterocycles. The second-order valence-corrected chi connectivity index (χ2v) is 8.05. The van der Waals surface area contributed by atoms with Gasteiger partial charge in [0.05, 0.1) is 12.2 Å². The summed E-state index contributed by atoms with van der Waals surface area (Å²) in [6.45, 7) is 5.85. The first kappa shape index (κ1) is 21.5. The molecule has 2 aromatic carbocycles. The maximum Gasteiger partial charge on any atom is 0.410 e. The van der Waals surface area contributed by atoms with Gasteiger partial charge in [0.25, 0.3) is 0 Å². The Morgan fingerprint density at radius 2 is 1.60 bits per heavy atom. The number of anilines is 1. The third kappa shape index (κ3) is 4.52. The summed E-state index contributed by atoms with van der Waals surface area (Å²) < 4.78 is 5.37. The van der Waals surface area contributed by atoms with E-state index in [0.29, 0.717) is 34.5 Å². The smallest absolute Gasteiger partial charge is 0.410 e. The van der Waals surface area contributed by atoms with E-state index < -0.39 is 11.7 Å². The Labute approximate surface area is 175 Å². The van der Waals surface area contributed by atoms with Gasteiger partial charge in [-0.1, -0.05) is 36.4 Å². The van der Waals surface area contributed by atoms with Gasteiger partial charge >= 0.3 is 6.09 Å². The quantitative estimate of drug-likeness (QED) is 0.648. The topological polar surface area (TPSA) is 95.9 Å². The number of ether oxygens (including phenoxy) is 1. The number of rotatable bonds is 6. The molecule has 0 aromatic heterocycles. The summed E-state index contributed by atoms with van der Waals surface area (Å²) in [5, 5.41) is 12.4. The number of aliphatic hydroxyl groups excluding tert-OH is 1. The second-order valence-electron chi connectivity index (χ2n) is 8.05. The van der Waals surface area contributed by atoms with E-state index >= 15 is 0 Å². The Kier molecular flexibility index (Phi) is 6.22. The number of amides is 1. The lowest BCUT2D eigenvalue weighted by molar-refractivity contribution is 0.0227. The minimum atomic E-state index is -0.642. The molecule has 0 saturated carbocycles. The number of fused-ring (bicyclic) bond motifs is 2. The Morgan fingerprint density at radius 3 is 2.23 bits per heavy atom. The standard InChI is InChI=1S/C23H26N2O5/c1-23(2,3)30-22(29)25(13-14-26)12-11-24-18-10-6-9-17-19(18)21(28)16-8-5-4-7-15(16)20(17)27/h4-10,24,26H,11-14H2,1-3H3. The molecule has 0 bridgehead atoms. The van der Waals surface area contributed by atoms with Gasteiger partial charge in [-0.25, -0.2) is 4.79 Å². The highest BCUT2D eigenvalue weighted by molar-refractivity contribution is 6.30. The number of carbonyl (C=O) groups excluding carboxylic acids is 3. The molecule has 30 heavy (non-hydrogen) atoms. The average molecular weight is 410 g/mol. The minimum Gasteiger partial charge on any atom is -0.444 e. The monoisotopic (exact) mass is 410 g/mol. The van der Waals surface area contributed by atoms with Crippen molar-refractivity contribution in [2.24, 2.45) is 0 Å². The zero-order valence-electron chi connectivity index (χ0n) is 17.4. The Bertz CT molecular complexity index is 978. The fourth-order valence-corrected chi connectivity index (χ4v) is 3.36. The van der Waals surface area contributed by atoms with E-state index in [9.17, 15) is 19.5 Å². The molecule has 0 heterocycles. The number of nitrogens with zero attached hydrogens (tertiary/aromatic N) is 1. The maximum absolute atomic E-state index is 13.0. The van der Waals surface area contributed by atoms with Gasteiger partial charge in [0.2, 0.25) is 0 Å². The van der Waals surface area contributed by atoms with Crippen LogP contribution in [0.3, 0.4) is 0 Å². The van der Waals surface area contributed by atoms with Crippen LogP contribution in [0.4, 0.5) is 10.5 Å². The first-order chi connectivity index (χ1) is 14.2. The van der Waals surface area contributed by atoms with Crippen molar-refractivity contribution in [1.82, 2.24) is 4.90 Å². The lowest BCUT2D eigenvalue weighted by Gasteiger charge is -2.27. The van der Waals surface area contributed by atoms with Crippen LogP contribution < -0.4 is 5.32 Å². The van der Waals surface area contributed by atoms with Crippen molar-refractivity contribution in [2.75, 3.05) is 31.6 Å². The SMILES string of the molecule is CC(C)(C)OC(=O)N(CCO)CCNc1cccc2c1C(=O)c1ccccc1C2=O. The molecule has 7 heteroatoms. The predicted octanol–water partition coefficient (Wildman–Crippen LogP) is 3.10. The normalized spacial score (nSPS) is 12.8. The molecule has 158 valence electrons. The molecular weight excluding hydrogens is 384 g/mol. The van der Waals surface area contributed by atoms with Crippen molar-refractivity contribution < 1.29 is 24.2 Å². The fourth-order valence-electron chi connectivity index (χ4n) is 3.36. The molecule has 1 aliphatic carbocycles. The zero-order chi connectivity index (χ0) is 21.9. The molecule has 1 amide bonds. The zero-order valence-corrected chi connectivity index (χ0v) is 17.4. The van der Waals surface area contributed by atoms with Crippen molar-refractivity contribution in [2.45, 2.75) is 26.4 Å². The average Bonchev–Trinajstić information content (AvgIpc) is 2.70. The van der Waals surface area contributed by atoms with Crippen LogP contribution in [-0.2, 0) is 4.74 Å². The highest BCUT2D eigenvalue weighted by Crippen LogP contribution is 2.31. The number of aliphatic hydroxyl groups is 1. The largest absolute Gasteiger partial charge is 0.444 e. The Hall–Kier alpha value is -3.19. The number of benzene rings is 2. The van der Waals surface area contributed by atoms with E-state index in [4.69, 9.17) is 4.74 Å². The van der Waals surface area contributed by atoms with Gasteiger partial charge in [-0.2, -0.15) is 0 Å². The Morgan fingerprint density at radius 1 is 0.967 bits per heavy atom. The minimum absolute atomic E-state index is 0.133. The molecule has 3 rings (SSSR count). The van der Waals surface area contributed by atoms with Crippen molar-refractivity contribution in [3.05, 3.63) is 64.7 Å². The maximum atomic E-state index is 13.0. The molecule has 0 radical (unpaired) electrons. The molecule has 1 aliphatic rings. The number of hydrogen-bond acceptors (Lipinski definition) is 6. The van der Waals surface area contributed by atoms with Crippen LogP contribution in [0.2, 0.25) is 0 Å². The van der Waals surface area contributed by atoms with E-state index in [1.807, 2.05) is 0 Å². The van der Waals surface area contributed by atoms with Crippen LogP contribution in [0.5, 0.6) is 0 Å². The van der Waals surface area contributed by atoms with Crippen molar-refractivity contribution in [3.63, 3.8) is 0 Å². The van der Waals surface area contributed by atoms with Crippen LogP contribution in [0.15, 0.2) is 42.5 Å². The molecule has 2 N–H and O–H groups in total. The summed E-state index contributed by atoms with van der Waals surface area (Å²) in [5.41, 5.74) is 1.39. The third-order valence-electron chi connectivity index (χ3n) is 4.67. The van der Waals surface area contributed by atoms with Gasteiger partial charge in [-0.3, -0.25) is 9.59 Å². The predicted molar refractivity (Wildman–Crippen MR) is 113 cm³/mol. The lowest BCUT2D eigenvalue weighted by atomic mass is 9.83. The second kappa shape index (κ2) is 8.67. The molecule has 0 unspecified atom stereocenters. The third-order valence-corrected chi connectivity index (χ3v) is 4.67. The van der Waals surface area contributed by atoms with Crippen molar-refractivity contribution in [3.8, 4) is 0 Å². The number of carbonyl (C=O) groups is 3. The van der Waals surface area contributed by atoms with Gasteiger partial charge in [-0.05, 0) is 26.8 Å². The van der Waals surface area contributed by atoms with E-state index in [1.165, 1.54) is 4.90 Å². The lowest BCUT2D eigenvalue weighted by Crippen LogP contribution is -2.41. The van der Waals surface area contributed by atoms with Gasteiger partial charge in [0.1, 0.15) is 5.60 Å². The molecule has 7 nitrogen and oxygen atoms in total. The first-order valence-corrected chi connectivity index (χ1v) is 9.87. The number of ketones is 2. The number of hydrogen-bond donors (Lipinski definition) is 2. The van der Waals surface area contributed by atoms with E-state index in [0.717, 1.165) is 0 Å². The summed E-state index contributed by atoms with van der Waals surface area (Å²) in [6.07, 6.45) is -0.520. The summed E-state index contributed by atoms with van der Waals surface area (Å²) in [4.78, 5) is 39.6. The van der Waals surface area contributed by atoms with Crippen LogP contribution in [0, 0.1) is 0 Å². The molecule has 0 saturated heterocycles. The molecule has 0 fully saturated rings.